The monoisotopic (exact) mass is 818 g/mol. The minimum atomic E-state index is -0.365. The number of fused-ring (bicyclic) bond motifs is 4. The zero-order chi connectivity index (χ0) is 33.2. The van der Waals surface area contributed by atoms with Gasteiger partial charge in [-0.25, -0.2) is 14.1 Å². The number of para-hydroxylation sites is 3. The molecule has 0 unspecified atom stereocenters. The first kappa shape index (κ1) is 32.7. The molecular formula is C44H39N4Pt-. The molecule has 8 aromatic rings. The minimum absolute atomic E-state index is 0. The van der Waals surface area contributed by atoms with Gasteiger partial charge in [0.1, 0.15) is 5.82 Å². The number of benzene rings is 5. The second-order valence-electron chi connectivity index (χ2n) is 13.7. The summed E-state index contributed by atoms with van der Waals surface area (Å²) in [5, 5.41) is 2.36. The van der Waals surface area contributed by atoms with Gasteiger partial charge in [-0.2, -0.15) is 35.9 Å². The summed E-state index contributed by atoms with van der Waals surface area (Å²) >= 11 is 0. The summed E-state index contributed by atoms with van der Waals surface area (Å²) in [5.74, 6) is 0.888. The maximum absolute atomic E-state index is 4.93. The van der Waals surface area contributed by atoms with Gasteiger partial charge in [0.25, 0.3) is 0 Å². The Balaban J connectivity index is 0.00000378. The minimum Gasteiger partial charge on any atom is -0.319 e. The van der Waals surface area contributed by atoms with Crippen molar-refractivity contribution in [2.75, 3.05) is 0 Å². The predicted molar refractivity (Wildman–Crippen MR) is 199 cm³/mol. The summed E-state index contributed by atoms with van der Waals surface area (Å²) in [7, 11) is 0. The summed E-state index contributed by atoms with van der Waals surface area (Å²) in [6, 6.07) is 47.0. The fourth-order valence-electron chi connectivity index (χ4n) is 7.31. The van der Waals surface area contributed by atoms with Crippen LogP contribution in [-0.4, -0.2) is 18.7 Å². The third-order valence-electron chi connectivity index (χ3n) is 9.93. The molecule has 0 aliphatic carbocycles. The van der Waals surface area contributed by atoms with E-state index in [0.29, 0.717) is 6.04 Å². The molecule has 0 N–H and O–H groups in total. The van der Waals surface area contributed by atoms with E-state index in [9.17, 15) is 0 Å². The Bertz CT molecular complexity index is 2480. The molecule has 0 saturated heterocycles. The molecule has 8 rings (SSSR count). The smallest absolute Gasteiger partial charge is 0.188 e. The standard InChI is InChI=1S/C44H39N4.Pt/c1-29(2)46-28-47(40-20-10-9-19-39(40)46)35-16-12-15-33(26-35)44(5,6)34-21-22-37-36-17-7-8-18-38(36)48(41(37)27-34)42-25-32(23-24-45-42)43-30(3)13-11-14-31(43)4;/h7-25,28-29H,1-6H3;/q-1;. The second-order valence-corrected chi connectivity index (χ2v) is 13.7. The van der Waals surface area contributed by atoms with E-state index in [1.54, 1.807) is 0 Å². The van der Waals surface area contributed by atoms with Crippen LogP contribution >= 0.6 is 0 Å². The first-order chi connectivity index (χ1) is 23.2. The summed E-state index contributed by atoms with van der Waals surface area (Å²) < 4.78 is 6.86. The van der Waals surface area contributed by atoms with Crippen molar-refractivity contribution in [2.24, 2.45) is 0 Å². The molecule has 5 heteroatoms. The number of rotatable bonds is 6. The van der Waals surface area contributed by atoms with Crippen molar-refractivity contribution in [1.82, 2.24) is 18.7 Å². The van der Waals surface area contributed by atoms with Crippen LogP contribution in [0.2, 0.25) is 0 Å². The van der Waals surface area contributed by atoms with E-state index < -0.39 is 0 Å². The van der Waals surface area contributed by atoms with Crippen molar-refractivity contribution in [1.29, 1.82) is 0 Å². The maximum atomic E-state index is 4.93. The first-order valence-electron chi connectivity index (χ1n) is 16.8. The van der Waals surface area contributed by atoms with Crippen LogP contribution in [0.1, 0.15) is 56.0 Å². The molecule has 0 radical (unpaired) electrons. The van der Waals surface area contributed by atoms with E-state index in [0.717, 1.165) is 33.7 Å². The van der Waals surface area contributed by atoms with Crippen molar-refractivity contribution >= 4 is 32.8 Å². The van der Waals surface area contributed by atoms with E-state index in [-0.39, 0.29) is 26.5 Å². The number of hydrogen-bond donors (Lipinski definition) is 0. The van der Waals surface area contributed by atoms with E-state index in [1.807, 2.05) is 6.20 Å². The van der Waals surface area contributed by atoms with Crippen LogP contribution in [0.5, 0.6) is 0 Å². The summed E-state index contributed by atoms with van der Waals surface area (Å²) in [6.45, 7) is 13.3. The number of aryl methyl sites for hydroxylation is 2. The Hall–Kier alpha value is -4.79. The van der Waals surface area contributed by atoms with Crippen molar-refractivity contribution < 1.29 is 21.1 Å². The molecule has 0 fully saturated rings. The van der Waals surface area contributed by atoms with Gasteiger partial charge in [0.15, 0.2) is 17.4 Å². The Kier molecular flexibility index (Phi) is 8.41. The summed E-state index contributed by atoms with van der Waals surface area (Å²) in [4.78, 5) is 4.93. The molecule has 0 saturated carbocycles. The summed E-state index contributed by atoms with van der Waals surface area (Å²) in [5.41, 5.74) is 12.4. The molecule has 0 amide bonds. The number of hydrogen-bond acceptors (Lipinski definition) is 1. The Morgan fingerprint density at radius 3 is 2.12 bits per heavy atom. The van der Waals surface area contributed by atoms with Crippen LogP contribution < -0.4 is 0 Å². The van der Waals surface area contributed by atoms with E-state index in [2.05, 4.69) is 183 Å². The Morgan fingerprint density at radius 1 is 0.694 bits per heavy atom. The topological polar surface area (TPSA) is 27.7 Å². The van der Waals surface area contributed by atoms with Crippen LogP contribution in [0.4, 0.5) is 0 Å². The van der Waals surface area contributed by atoms with Gasteiger partial charge in [-0.3, -0.25) is 0 Å². The molecule has 0 aliphatic rings. The Morgan fingerprint density at radius 2 is 1.37 bits per heavy atom. The average Bonchev–Trinajstić information content (AvgIpc) is 3.65. The van der Waals surface area contributed by atoms with Crippen molar-refractivity contribution in [3.63, 3.8) is 0 Å². The quantitative estimate of drug-likeness (QED) is 0.154. The van der Waals surface area contributed by atoms with Gasteiger partial charge in [0.05, 0.1) is 6.04 Å². The molecule has 246 valence electrons. The molecule has 3 aromatic heterocycles. The Labute approximate surface area is 302 Å². The molecule has 0 bridgehead atoms. The molecule has 5 aromatic carbocycles. The van der Waals surface area contributed by atoms with Gasteiger partial charge in [-0.15, -0.1) is 23.1 Å². The zero-order valence-electron chi connectivity index (χ0n) is 28.7. The number of imidazole rings is 1. The van der Waals surface area contributed by atoms with Gasteiger partial charge in [0.2, 0.25) is 0 Å². The van der Waals surface area contributed by atoms with Crippen LogP contribution in [-0.2, 0) is 26.5 Å². The fraction of sp³-hybridized carbons (Fsp3) is 0.182. The molecule has 0 spiro atoms. The molecular weight excluding hydrogens is 780 g/mol. The SMILES string of the molecule is Cc1cccc(C)c1-c1ccnc(-n2c3[c-]c(C(C)(C)c4[c-]c(-n5[cH+]n(C(C)C)c6ccccc65)ccc4)ccc3c3ccccc32)c1.[Pt]. The van der Waals surface area contributed by atoms with Gasteiger partial charge >= 0.3 is 0 Å². The number of pyridine rings is 1. The van der Waals surface area contributed by atoms with E-state index >= 15 is 0 Å². The molecule has 49 heavy (non-hydrogen) atoms. The van der Waals surface area contributed by atoms with Gasteiger partial charge < -0.3 is 4.57 Å². The van der Waals surface area contributed by atoms with Crippen molar-refractivity contribution in [3.05, 3.63) is 156 Å². The van der Waals surface area contributed by atoms with Crippen molar-refractivity contribution in [2.45, 2.75) is 53.0 Å². The van der Waals surface area contributed by atoms with Gasteiger partial charge in [0, 0.05) is 50.6 Å². The number of aromatic nitrogens is 4. The second kappa shape index (κ2) is 12.6. The maximum Gasteiger partial charge on any atom is 0.188 e. The normalized spacial score (nSPS) is 11.9. The van der Waals surface area contributed by atoms with Crippen molar-refractivity contribution in [3.8, 4) is 22.6 Å². The van der Waals surface area contributed by atoms with E-state index in [1.165, 1.54) is 44.1 Å². The van der Waals surface area contributed by atoms with Crippen LogP contribution in [0.15, 0.2) is 122 Å². The molecule has 0 atom stereocenters. The van der Waals surface area contributed by atoms with Gasteiger partial charge in [-0.1, -0.05) is 55.8 Å². The van der Waals surface area contributed by atoms with Gasteiger partial charge in [-0.05, 0) is 91.1 Å². The third-order valence-corrected chi connectivity index (χ3v) is 9.93. The van der Waals surface area contributed by atoms with Crippen LogP contribution in [0.25, 0.3) is 55.5 Å². The van der Waals surface area contributed by atoms with Crippen LogP contribution in [0.3, 0.4) is 0 Å². The average molecular weight is 819 g/mol. The van der Waals surface area contributed by atoms with E-state index in [4.69, 9.17) is 4.98 Å². The zero-order valence-corrected chi connectivity index (χ0v) is 31.0. The fourth-order valence-corrected chi connectivity index (χ4v) is 7.31. The molecule has 0 aliphatic heterocycles. The summed E-state index contributed by atoms with van der Waals surface area (Å²) in [6.07, 6.45) is 4.13. The molecule has 4 nitrogen and oxygen atoms in total. The number of nitrogens with zero attached hydrogens (tertiary/aromatic N) is 4. The molecule has 3 heterocycles. The first-order valence-corrected chi connectivity index (χ1v) is 16.8. The third kappa shape index (κ3) is 5.43. The predicted octanol–water partition coefficient (Wildman–Crippen LogP) is 11.0. The van der Waals surface area contributed by atoms with Crippen LogP contribution in [0, 0.1) is 26.0 Å². The largest absolute Gasteiger partial charge is 0.319 e.